The van der Waals surface area contributed by atoms with Crippen molar-refractivity contribution in [2.24, 2.45) is 5.73 Å². The fourth-order valence-electron chi connectivity index (χ4n) is 2.60. The van der Waals surface area contributed by atoms with E-state index < -0.39 is 28.0 Å². The van der Waals surface area contributed by atoms with Gasteiger partial charge in [-0.2, -0.15) is 5.10 Å². The molecule has 0 aliphatic rings. The molecule has 12 heteroatoms. The number of carbonyl (C=O) groups is 1. The second-order valence-electron chi connectivity index (χ2n) is 6.14. The summed E-state index contributed by atoms with van der Waals surface area (Å²) in [7, 11) is -3.43. The lowest BCUT2D eigenvalue weighted by atomic mass is 10.1. The number of amides is 1. The van der Waals surface area contributed by atoms with E-state index >= 15 is 0 Å². The summed E-state index contributed by atoms with van der Waals surface area (Å²) in [4.78, 5) is 15.8. The largest absolute Gasteiger partial charge is 0.365 e. The number of pyridine rings is 1. The number of aromatic amines is 1. The second-order valence-corrected chi connectivity index (χ2v) is 8.15. The number of hydrogen-bond donors (Lipinski definition) is 4. The van der Waals surface area contributed by atoms with Crippen LogP contribution in [0.25, 0.3) is 11.3 Å². The lowest BCUT2D eigenvalue weighted by molar-refractivity contribution is 0.100. The molecule has 0 unspecified atom stereocenters. The SMILES string of the molecule is CCS(=O)(=O)Nc1ccc(-c2[nH]nc(Nc3cccc(C(F)F)n3)c2C(N)=O)cc1. The summed E-state index contributed by atoms with van der Waals surface area (Å²) in [5.41, 5.74) is 6.20. The Hall–Kier alpha value is -3.54. The summed E-state index contributed by atoms with van der Waals surface area (Å²) in [6.07, 6.45) is -2.75. The molecule has 3 aromatic rings. The third kappa shape index (κ3) is 4.71. The van der Waals surface area contributed by atoms with Crippen molar-refractivity contribution in [2.45, 2.75) is 13.3 Å². The highest BCUT2D eigenvalue weighted by atomic mass is 32.2. The normalized spacial score (nSPS) is 11.5. The molecule has 30 heavy (non-hydrogen) atoms. The molecule has 5 N–H and O–H groups in total. The monoisotopic (exact) mass is 436 g/mol. The van der Waals surface area contributed by atoms with E-state index in [4.69, 9.17) is 5.73 Å². The third-order valence-electron chi connectivity index (χ3n) is 4.08. The van der Waals surface area contributed by atoms with Crippen molar-refractivity contribution in [3.63, 3.8) is 0 Å². The third-order valence-corrected chi connectivity index (χ3v) is 5.39. The van der Waals surface area contributed by atoms with Crippen LogP contribution in [0.4, 0.5) is 26.1 Å². The maximum absolute atomic E-state index is 12.8. The van der Waals surface area contributed by atoms with Crippen molar-refractivity contribution in [3.05, 3.63) is 53.7 Å². The highest BCUT2D eigenvalue weighted by molar-refractivity contribution is 7.92. The van der Waals surface area contributed by atoms with Gasteiger partial charge < -0.3 is 11.1 Å². The van der Waals surface area contributed by atoms with Gasteiger partial charge in [0.15, 0.2) is 5.82 Å². The number of H-pyrrole nitrogens is 1. The van der Waals surface area contributed by atoms with Crippen LogP contribution < -0.4 is 15.8 Å². The van der Waals surface area contributed by atoms with Gasteiger partial charge in [-0.05, 0) is 31.2 Å². The zero-order valence-corrected chi connectivity index (χ0v) is 16.5. The van der Waals surface area contributed by atoms with Crippen LogP contribution in [0, 0.1) is 0 Å². The first kappa shape index (κ1) is 21.2. The Bertz CT molecular complexity index is 1160. The maximum Gasteiger partial charge on any atom is 0.280 e. The van der Waals surface area contributed by atoms with Crippen molar-refractivity contribution >= 4 is 33.3 Å². The van der Waals surface area contributed by atoms with Crippen LogP contribution in [0.2, 0.25) is 0 Å². The fourth-order valence-corrected chi connectivity index (χ4v) is 3.24. The van der Waals surface area contributed by atoms with Crippen LogP contribution >= 0.6 is 0 Å². The first-order chi connectivity index (χ1) is 14.2. The number of halogens is 2. The number of alkyl halides is 2. The molecular weight excluding hydrogens is 418 g/mol. The number of primary amides is 1. The molecule has 9 nitrogen and oxygen atoms in total. The minimum Gasteiger partial charge on any atom is -0.365 e. The van der Waals surface area contributed by atoms with Crippen molar-refractivity contribution in [2.75, 3.05) is 15.8 Å². The van der Waals surface area contributed by atoms with Gasteiger partial charge >= 0.3 is 0 Å². The Morgan fingerprint density at radius 1 is 1.20 bits per heavy atom. The first-order valence-electron chi connectivity index (χ1n) is 8.71. The predicted molar refractivity (Wildman–Crippen MR) is 108 cm³/mol. The van der Waals surface area contributed by atoms with E-state index in [0.717, 1.165) is 0 Å². The van der Waals surface area contributed by atoms with E-state index in [-0.39, 0.29) is 28.6 Å². The minimum atomic E-state index is -3.43. The Morgan fingerprint density at radius 2 is 1.90 bits per heavy atom. The van der Waals surface area contributed by atoms with Gasteiger partial charge in [0.25, 0.3) is 12.3 Å². The number of nitrogens with two attached hydrogens (primary N) is 1. The fraction of sp³-hybridized carbons (Fsp3) is 0.167. The lowest BCUT2D eigenvalue weighted by Crippen LogP contribution is -2.14. The number of sulfonamides is 1. The standard InChI is InChI=1S/C18H18F2N6O3S/c1-2-30(28,29)26-11-8-6-10(7-9-11)15-14(17(21)27)18(25-24-15)23-13-5-3-4-12(22-13)16(19)20/h3-9,16,26H,2H2,1H3,(H2,21,27)(H2,22,23,24,25). The molecule has 0 fully saturated rings. The number of hydrogen-bond acceptors (Lipinski definition) is 6. The Labute approximate surface area is 170 Å². The van der Waals surface area contributed by atoms with Gasteiger partial charge in [-0.1, -0.05) is 18.2 Å². The number of rotatable bonds is 8. The van der Waals surface area contributed by atoms with Gasteiger partial charge in [-0.25, -0.2) is 22.2 Å². The molecular formula is C18H18F2N6O3S. The second kappa shape index (κ2) is 8.45. The molecule has 0 radical (unpaired) electrons. The first-order valence-corrected chi connectivity index (χ1v) is 10.4. The number of carbonyl (C=O) groups excluding carboxylic acids is 1. The summed E-state index contributed by atoms with van der Waals surface area (Å²) < 4.78 is 51.4. The van der Waals surface area contributed by atoms with E-state index in [1.807, 2.05) is 0 Å². The molecule has 0 aliphatic heterocycles. The van der Waals surface area contributed by atoms with Crippen LogP contribution in [-0.2, 0) is 10.0 Å². The highest BCUT2D eigenvalue weighted by Crippen LogP contribution is 2.29. The molecule has 0 saturated carbocycles. The average Bonchev–Trinajstić information content (AvgIpc) is 3.12. The van der Waals surface area contributed by atoms with Crippen LogP contribution in [0.15, 0.2) is 42.5 Å². The van der Waals surface area contributed by atoms with Crippen molar-refractivity contribution in [1.82, 2.24) is 15.2 Å². The summed E-state index contributed by atoms with van der Waals surface area (Å²) in [5.74, 6) is -0.788. The van der Waals surface area contributed by atoms with Crippen LogP contribution in [0.1, 0.15) is 29.4 Å². The van der Waals surface area contributed by atoms with Crippen LogP contribution in [0.5, 0.6) is 0 Å². The summed E-state index contributed by atoms with van der Waals surface area (Å²) in [6, 6.07) is 10.2. The minimum absolute atomic E-state index is 0.00105. The zero-order chi connectivity index (χ0) is 21.9. The van der Waals surface area contributed by atoms with Gasteiger partial charge in [0.05, 0.1) is 11.4 Å². The van der Waals surface area contributed by atoms with E-state index in [1.54, 1.807) is 12.1 Å². The van der Waals surface area contributed by atoms with Crippen molar-refractivity contribution in [3.8, 4) is 11.3 Å². The van der Waals surface area contributed by atoms with Gasteiger partial charge in [0.1, 0.15) is 17.1 Å². The van der Waals surface area contributed by atoms with Crippen molar-refractivity contribution in [1.29, 1.82) is 0 Å². The van der Waals surface area contributed by atoms with Crippen molar-refractivity contribution < 1.29 is 22.0 Å². The number of anilines is 3. The molecule has 1 aromatic carbocycles. The zero-order valence-electron chi connectivity index (χ0n) is 15.7. The number of nitrogens with zero attached hydrogens (tertiary/aromatic N) is 2. The molecule has 2 heterocycles. The van der Waals surface area contributed by atoms with Crippen LogP contribution in [-0.4, -0.2) is 35.3 Å². The predicted octanol–water partition coefficient (Wildman–Crippen LogP) is 3.01. The summed E-state index contributed by atoms with van der Waals surface area (Å²) >= 11 is 0. The van der Waals surface area contributed by atoms with E-state index in [2.05, 4.69) is 25.2 Å². The molecule has 0 saturated heterocycles. The quantitative estimate of drug-likeness (QED) is 0.427. The summed E-state index contributed by atoms with van der Waals surface area (Å²) in [5, 5.41) is 9.39. The highest BCUT2D eigenvalue weighted by Gasteiger charge is 2.21. The van der Waals surface area contributed by atoms with Crippen LogP contribution in [0.3, 0.4) is 0 Å². The number of benzene rings is 1. The Morgan fingerprint density at radius 3 is 2.50 bits per heavy atom. The number of nitrogens with one attached hydrogen (secondary N) is 3. The van der Waals surface area contributed by atoms with E-state index in [9.17, 15) is 22.0 Å². The van der Waals surface area contributed by atoms with E-state index in [0.29, 0.717) is 11.3 Å². The molecule has 0 bridgehead atoms. The Balaban J connectivity index is 1.91. The molecule has 3 rings (SSSR count). The smallest absolute Gasteiger partial charge is 0.280 e. The molecule has 0 atom stereocenters. The number of aromatic nitrogens is 3. The van der Waals surface area contributed by atoms with E-state index in [1.165, 1.54) is 37.3 Å². The van der Waals surface area contributed by atoms with Gasteiger partial charge in [0.2, 0.25) is 10.0 Å². The molecule has 158 valence electrons. The maximum atomic E-state index is 12.8. The molecule has 0 aliphatic carbocycles. The van der Waals surface area contributed by atoms with Gasteiger partial charge in [-0.3, -0.25) is 14.6 Å². The molecule has 0 spiro atoms. The topological polar surface area (TPSA) is 143 Å². The molecule has 1 amide bonds. The van der Waals surface area contributed by atoms with Gasteiger partial charge in [-0.15, -0.1) is 0 Å². The lowest BCUT2D eigenvalue weighted by Gasteiger charge is -2.08. The van der Waals surface area contributed by atoms with Gasteiger partial charge in [0, 0.05) is 11.3 Å². The Kier molecular flexibility index (Phi) is 5.96. The molecule has 2 aromatic heterocycles. The average molecular weight is 436 g/mol. The summed E-state index contributed by atoms with van der Waals surface area (Å²) in [6.45, 7) is 1.51.